The van der Waals surface area contributed by atoms with Gasteiger partial charge in [-0.25, -0.2) is 0 Å². The smallest absolute Gasteiger partial charge is 0.393 e. The highest BCUT2D eigenvalue weighted by atomic mass is 19.4. The molecule has 1 aromatic carbocycles. The number of halogens is 3. The molecule has 1 heterocycles. The first-order chi connectivity index (χ1) is 7.46. The van der Waals surface area contributed by atoms with Gasteiger partial charge in [0, 0.05) is 6.07 Å². The molecule has 0 bridgehead atoms. The van der Waals surface area contributed by atoms with E-state index in [1.807, 2.05) is 0 Å². The lowest BCUT2D eigenvalue weighted by molar-refractivity contribution is -0.127. The minimum Gasteiger partial charge on any atom is -0.464 e. The monoisotopic (exact) mass is 228 g/mol. The zero-order valence-corrected chi connectivity index (χ0v) is 8.04. The summed E-state index contributed by atoms with van der Waals surface area (Å²) in [5, 5.41) is 0.171. The van der Waals surface area contributed by atoms with Crippen LogP contribution in [0.1, 0.15) is 5.56 Å². The molecule has 0 saturated carbocycles. The molecule has 0 atom stereocenters. The normalized spacial score (nSPS) is 11.9. The summed E-state index contributed by atoms with van der Waals surface area (Å²) in [4.78, 5) is 11.4. The highest BCUT2D eigenvalue weighted by Crippen LogP contribution is 2.22. The molecule has 0 unspecified atom stereocenters. The predicted octanol–water partition coefficient (Wildman–Crippen LogP) is 2.90. The van der Waals surface area contributed by atoms with E-state index < -0.39 is 12.6 Å². The van der Waals surface area contributed by atoms with Crippen molar-refractivity contribution in [2.45, 2.75) is 12.6 Å². The molecule has 16 heavy (non-hydrogen) atoms. The molecule has 2 aromatic rings. The summed E-state index contributed by atoms with van der Waals surface area (Å²) >= 11 is 0. The van der Waals surface area contributed by atoms with Crippen LogP contribution in [-0.2, 0) is 6.42 Å². The van der Waals surface area contributed by atoms with Gasteiger partial charge in [-0.15, -0.1) is 0 Å². The minimum atomic E-state index is -4.28. The second-order valence-electron chi connectivity index (χ2n) is 3.41. The Labute approximate surface area is 88.3 Å². The Morgan fingerprint density at radius 1 is 1.19 bits per heavy atom. The van der Waals surface area contributed by atoms with Gasteiger partial charge in [0.05, 0.1) is 18.1 Å². The number of alkyl halides is 3. The van der Waals surface area contributed by atoms with Crippen LogP contribution < -0.4 is 5.43 Å². The molecule has 0 spiro atoms. The fourth-order valence-electron chi connectivity index (χ4n) is 1.47. The molecule has 0 N–H and O–H groups in total. The Morgan fingerprint density at radius 2 is 1.94 bits per heavy atom. The van der Waals surface area contributed by atoms with Gasteiger partial charge < -0.3 is 4.42 Å². The summed E-state index contributed by atoms with van der Waals surface area (Å²) in [6.45, 7) is 0. The van der Waals surface area contributed by atoms with Gasteiger partial charge in [-0.3, -0.25) is 4.79 Å². The zero-order chi connectivity index (χ0) is 11.8. The molecule has 84 valence electrons. The Morgan fingerprint density at radius 3 is 2.62 bits per heavy atom. The minimum absolute atomic E-state index is 0.0542. The van der Waals surface area contributed by atoms with Gasteiger partial charge in [0.1, 0.15) is 5.58 Å². The molecule has 0 aliphatic rings. The van der Waals surface area contributed by atoms with Crippen molar-refractivity contribution in [3.05, 3.63) is 46.3 Å². The summed E-state index contributed by atoms with van der Waals surface area (Å²) in [7, 11) is 0. The molecular formula is C11H7F3O2. The molecule has 0 aliphatic carbocycles. The summed E-state index contributed by atoms with van der Waals surface area (Å²) < 4.78 is 41.4. The summed E-state index contributed by atoms with van der Waals surface area (Å²) in [5.74, 6) is 0. The van der Waals surface area contributed by atoms with Gasteiger partial charge in [0.15, 0.2) is 5.43 Å². The van der Waals surface area contributed by atoms with Crippen molar-refractivity contribution in [1.29, 1.82) is 0 Å². The quantitative estimate of drug-likeness (QED) is 0.751. The molecule has 0 aliphatic heterocycles. The summed E-state index contributed by atoms with van der Waals surface area (Å²) in [5.41, 5.74) is 0.00204. The third kappa shape index (κ3) is 2.24. The maximum atomic E-state index is 12.1. The molecule has 2 nitrogen and oxygen atoms in total. The van der Waals surface area contributed by atoms with E-state index in [4.69, 9.17) is 4.42 Å². The van der Waals surface area contributed by atoms with Crippen LogP contribution in [0.25, 0.3) is 11.0 Å². The van der Waals surface area contributed by atoms with E-state index >= 15 is 0 Å². The Kier molecular flexibility index (Phi) is 2.46. The van der Waals surface area contributed by atoms with Crippen molar-refractivity contribution in [2.24, 2.45) is 0 Å². The maximum Gasteiger partial charge on any atom is 0.393 e. The van der Waals surface area contributed by atoms with Crippen LogP contribution in [0.3, 0.4) is 0 Å². The van der Waals surface area contributed by atoms with Gasteiger partial charge >= 0.3 is 6.18 Å². The molecule has 1 aromatic heterocycles. The van der Waals surface area contributed by atoms with Crippen molar-refractivity contribution in [3.63, 3.8) is 0 Å². The first-order valence-corrected chi connectivity index (χ1v) is 4.53. The molecule has 0 fully saturated rings. The van der Waals surface area contributed by atoms with Crippen molar-refractivity contribution in [2.75, 3.05) is 0 Å². The number of fused-ring (bicyclic) bond motifs is 1. The van der Waals surface area contributed by atoms with Crippen LogP contribution in [0.4, 0.5) is 13.2 Å². The largest absolute Gasteiger partial charge is 0.464 e. The Bertz CT molecular complexity index is 569. The van der Waals surface area contributed by atoms with E-state index in [0.717, 1.165) is 0 Å². The average Bonchev–Trinajstić information content (AvgIpc) is 2.17. The molecule has 5 heteroatoms. The summed E-state index contributed by atoms with van der Waals surface area (Å²) in [6.07, 6.45) is -4.10. The predicted molar refractivity (Wildman–Crippen MR) is 52.2 cm³/mol. The van der Waals surface area contributed by atoms with Crippen LogP contribution in [0, 0.1) is 0 Å². The topological polar surface area (TPSA) is 30.2 Å². The SMILES string of the molecule is O=c1ccoc2ccc(CC(F)(F)F)cc12. The van der Waals surface area contributed by atoms with Crippen LogP contribution in [0.5, 0.6) is 0 Å². The lowest BCUT2D eigenvalue weighted by Crippen LogP contribution is -2.11. The first kappa shape index (κ1) is 10.7. The van der Waals surface area contributed by atoms with E-state index in [1.165, 1.54) is 30.5 Å². The number of hydrogen-bond acceptors (Lipinski definition) is 2. The van der Waals surface area contributed by atoms with Crippen molar-refractivity contribution in [1.82, 2.24) is 0 Å². The number of hydrogen-bond donors (Lipinski definition) is 0. The van der Waals surface area contributed by atoms with E-state index in [1.54, 1.807) is 0 Å². The second-order valence-corrected chi connectivity index (χ2v) is 3.41. The Hall–Kier alpha value is -1.78. The standard InChI is InChI=1S/C11H7F3O2/c12-11(13,14)6-7-1-2-10-8(5-7)9(15)3-4-16-10/h1-5H,6H2. The fourth-order valence-corrected chi connectivity index (χ4v) is 1.47. The van der Waals surface area contributed by atoms with Gasteiger partial charge in [-0.1, -0.05) is 6.07 Å². The van der Waals surface area contributed by atoms with Crippen LogP contribution in [0.15, 0.2) is 39.7 Å². The van der Waals surface area contributed by atoms with Gasteiger partial charge in [0.25, 0.3) is 0 Å². The van der Waals surface area contributed by atoms with Crippen LogP contribution in [-0.4, -0.2) is 6.18 Å². The molecular weight excluding hydrogens is 221 g/mol. The number of rotatable bonds is 1. The van der Waals surface area contributed by atoms with E-state index in [9.17, 15) is 18.0 Å². The molecule has 0 radical (unpaired) electrons. The van der Waals surface area contributed by atoms with Gasteiger partial charge in [-0.05, 0) is 17.7 Å². The van der Waals surface area contributed by atoms with Crippen LogP contribution in [0.2, 0.25) is 0 Å². The third-order valence-corrected chi connectivity index (χ3v) is 2.13. The maximum absolute atomic E-state index is 12.1. The summed E-state index contributed by atoms with van der Waals surface area (Å²) in [6, 6.07) is 5.07. The number of benzene rings is 1. The lowest BCUT2D eigenvalue weighted by Gasteiger charge is -2.06. The van der Waals surface area contributed by atoms with Crippen molar-refractivity contribution in [3.8, 4) is 0 Å². The zero-order valence-electron chi connectivity index (χ0n) is 8.04. The molecule has 0 saturated heterocycles. The fraction of sp³-hybridized carbons (Fsp3) is 0.182. The Balaban J connectivity index is 2.52. The van der Waals surface area contributed by atoms with Crippen LogP contribution >= 0.6 is 0 Å². The molecule has 2 rings (SSSR count). The second kappa shape index (κ2) is 3.66. The van der Waals surface area contributed by atoms with Gasteiger partial charge in [0.2, 0.25) is 0 Å². The van der Waals surface area contributed by atoms with Gasteiger partial charge in [-0.2, -0.15) is 13.2 Å². The van der Waals surface area contributed by atoms with E-state index in [2.05, 4.69) is 0 Å². The first-order valence-electron chi connectivity index (χ1n) is 4.53. The average molecular weight is 228 g/mol. The highest BCUT2D eigenvalue weighted by molar-refractivity contribution is 5.76. The lowest BCUT2D eigenvalue weighted by atomic mass is 10.1. The van der Waals surface area contributed by atoms with E-state index in [-0.39, 0.29) is 16.4 Å². The third-order valence-electron chi connectivity index (χ3n) is 2.13. The highest BCUT2D eigenvalue weighted by Gasteiger charge is 2.27. The van der Waals surface area contributed by atoms with Crippen molar-refractivity contribution < 1.29 is 17.6 Å². The van der Waals surface area contributed by atoms with E-state index in [0.29, 0.717) is 5.58 Å². The van der Waals surface area contributed by atoms with Crippen molar-refractivity contribution >= 4 is 11.0 Å². The molecule has 0 amide bonds.